The first-order valence-corrected chi connectivity index (χ1v) is 6.01. The number of aryl methyl sites for hydroxylation is 1. The van der Waals surface area contributed by atoms with Gasteiger partial charge < -0.3 is 5.11 Å². The van der Waals surface area contributed by atoms with Gasteiger partial charge in [0.15, 0.2) is 0 Å². The van der Waals surface area contributed by atoms with Crippen LogP contribution in [0.1, 0.15) is 22.6 Å². The van der Waals surface area contributed by atoms with E-state index in [9.17, 15) is 5.11 Å². The quantitative estimate of drug-likeness (QED) is 0.848. The average Bonchev–Trinajstić information content (AvgIpc) is 2.39. The van der Waals surface area contributed by atoms with Gasteiger partial charge in [-0.1, -0.05) is 60.2 Å². The molecular weight excluding hydrogens is 208 g/mol. The number of aliphatic hydroxyl groups excluding tert-OH is 1. The second kappa shape index (κ2) is 5.65. The fourth-order valence-corrected chi connectivity index (χ4v) is 2.02. The number of hydrogen-bond acceptors (Lipinski definition) is 1. The second-order valence-corrected chi connectivity index (χ2v) is 4.48. The first-order valence-electron chi connectivity index (χ1n) is 6.01. The molecule has 0 saturated carbocycles. The van der Waals surface area contributed by atoms with Crippen LogP contribution >= 0.6 is 0 Å². The van der Waals surface area contributed by atoms with Gasteiger partial charge in [0.05, 0.1) is 6.61 Å². The molecule has 0 saturated heterocycles. The SMILES string of the molecule is Cc1ccc(CC(CO)c2ccccc2)cc1. The maximum atomic E-state index is 9.50. The zero-order valence-corrected chi connectivity index (χ0v) is 10.1. The summed E-state index contributed by atoms with van der Waals surface area (Å²) in [4.78, 5) is 0. The normalized spacial score (nSPS) is 12.4. The lowest BCUT2D eigenvalue weighted by Crippen LogP contribution is -2.07. The molecule has 0 aliphatic carbocycles. The van der Waals surface area contributed by atoms with Gasteiger partial charge in [-0.3, -0.25) is 0 Å². The standard InChI is InChI=1S/C16H18O/c1-13-7-9-14(10-8-13)11-16(12-17)15-5-3-2-4-6-15/h2-10,16-17H,11-12H2,1H3. The van der Waals surface area contributed by atoms with Gasteiger partial charge in [-0.15, -0.1) is 0 Å². The van der Waals surface area contributed by atoms with Crippen molar-refractivity contribution in [1.29, 1.82) is 0 Å². The molecule has 2 aromatic carbocycles. The Labute approximate surface area is 103 Å². The van der Waals surface area contributed by atoms with Crippen molar-refractivity contribution in [2.75, 3.05) is 6.61 Å². The molecule has 1 atom stereocenters. The Morgan fingerprint density at radius 1 is 0.941 bits per heavy atom. The summed E-state index contributed by atoms with van der Waals surface area (Å²) < 4.78 is 0. The van der Waals surface area contributed by atoms with Crippen LogP contribution in [0.2, 0.25) is 0 Å². The van der Waals surface area contributed by atoms with Crippen LogP contribution in [0.5, 0.6) is 0 Å². The molecule has 88 valence electrons. The van der Waals surface area contributed by atoms with E-state index in [1.54, 1.807) is 0 Å². The van der Waals surface area contributed by atoms with Gasteiger partial charge in [0, 0.05) is 5.92 Å². The van der Waals surface area contributed by atoms with Gasteiger partial charge in [-0.2, -0.15) is 0 Å². The van der Waals surface area contributed by atoms with Gasteiger partial charge >= 0.3 is 0 Å². The van der Waals surface area contributed by atoms with E-state index in [1.807, 2.05) is 18.2 Å². The smallest absolute Gasteiger partial charge is 0.0502 e. The number of benzene rings is 2. The molecule has 0 radical (unpaired) electrons. The molecule has 0 spiro atoms. The highest BCUT2D eigenvalue weighted by molar-refractivity contribution is 5.26. The molecular formula is C16H18O. The van der Waals surface area contributed by atoms with E-state index in [2.05, 4.69) is 43.3 Å². The highest BCUT2D eigenvalue weighted by Gasteiger charge is 2.10. The van der Waals surface area contributed by atoms with Crippen molar-refractivity contribution in [3.05, 3.63) is 71.3 Å². The van der Waals surface area contributed by atoms with E-state index in [0.717, 1.165) is 6.42 Å². The van der Waals surface area contributed by atoms with Crippen molar-refractivity contribution in [3.8, 4) is 0 Å². The largest absolute Gasteiger partial charge is 0.396 e. The summed E-state index contributed by atoms with van der Waals surface area (Å²) in [6.45, 7) is 2.28. The molecule has 0 amide bonds. The van der Waals surface area contributed by atoms with Crippen LogP contribution in [0.3, 0.4) is 0 Å². The molecule has 1 nitrogen and oxygen atoms in total. The van der Waals surface area contributed by atoms with Gasteiger partial charge in [0.25, 0.3) is 0 Å². The summed E-state index contributed by atoms with van der Waals surface area (Å²) in [5.41, 5.74) is 3.75. The predicted octanol–water partition coefficient (Wildman–Crippen LogP) is 3.31. The average molecular weight is 226 g/mol. The Morgan fingerprint density at radius 3 is 2.18 bits per heavy atom. The lowest BCUT2D eigenvalue weighted by molar-refractivity contribution is 0.264. The lowest BCUT2D eigenvalue weighted by atomic mass is 9.92. The zero-order valence-electron chi connectivity index (χ0n) is 10.1. The van der Waals surface area contributed by atoms with Gasteiger partial charge in [-0.05, 0) is 24.5 Å². The molecule has 0 aromatic heterocycles. The Balaban J connectivity index is 2.13. The van der Waals surface area contributed by atoms with Gasteiger partial charge in [-0.25, -0.2) is 0 Å². The zero-order chi connectivity index (χ0) is 12.1. The van der Waals surface area contributed by atoms with Crippen LogP contribution in [-0.4, -0.2) is 11.7 Å². The van der Waals surface area contributed by atoms with E-state index in [1.165, 1.54) is 16.7 Å². The molecule has 17 heavy (non-hydrogen) atoms. The van der Waals surface area contributed by atoms with E-state index in [-0.39, 0.29) is 12.5 Å². The highest BCUT2D eigenvalue weighted by Crippen LogP contribution is 2.20. The van der Waals surface area contributed by atoms with Gasteiger partial charge in [0.1, 0.15) is 0 Å². The van der Waals surface area contributed by atoms with E-state index in [4.69, 9.17) is 0 Å². The third-order valence-electron chi connectivity index (χ3n) is 3.09. The first kappa shape index (κ1) is 11.9. The Bertz CT molecular complexity index is 445. The van der Waals surface area contributed by atoms with Crippen LogP contribution in [0.15, 0.2) is 54.6 Å². The summed E-state index contributed by atoms with van der Waals surface area (Å²) in [6, 6.07) is 18.7. The molecule has 2 aromatic rings. The number of aliphatic hydroxyl groups is 1. The summed E-state index contributed by atoms with van der Waals surface area (Å²) >= 11 is 0. The third-order valence-corrected chi connectivity index (χ3v) is 3.09. The van der Waals surface area contributed by atoms with Crippen LogP contribution in [-0.2, 0) is 6.42 Å². The van der Waals surface area contributed by atoms with Crippen LogP contribution in [0, 0.1) is 6.92 Å². The predicted molar refractivity (Wildman–Crippen MR) is 71.2 cm³/mol. The van der Waals surface area contributed by atoms with Crippen LogP contribution in [0.25, 0.3) is 0 Å². The van der Waals surface area contributed by atoms with Crippen molar-refractivity contribution >= 4 is 0 Å². The molecule has 1 N–H and O–H groups in total. The van der Waals surface area contributed by atoms with Crippen molar-refractivity contribution in [1.82, 2.24) is 0 Å². The lowest BCUT2D eigenvalue weighted by Gasteiger charge is -2.14. The maximum absolute atomic E-state index is 9.50. The monoisotopic (exact) mass is 226 g/mol. The van der Waals surface area contributed by atoms with E-state index in [0.29, 0.717) is 0 Å². The molecule has 0 heterocycles. The molecule has 0 fully saturated rings. The first-order chi connectivity index (χ1) is 8.29. The summed E-state index contributed by atoms with van der Waals surface area (Å²) in [5.74, 6) is 0.193. The molecule has 2 rings (SSSR count). The topological polar surface area (TPSA) is 20.2 Å². The maximum Gasteiger partial charge on any atom is 0.0502 e. The van der Waals surface area contributed by atoms with Crippen molar-refractivity contribution in [3.63, 3.8) is 0 Å². The minimum atomic E-state index is 0.192. The fraction of sp³-hybridized carbons (Fsp3) is 0.250. The minimum absolute atomic E-state index is 0.192. The Morgan fingerprint density at radius 2 is 1.59 bits per heavy atom. The summed E-state index contributed by atoms with van der Waals surface area (Å²) in [7, 11) is 0. The molecule has 1 unspecified atom stereocenters. The third kappa shape index (κ3) is 3.18. The van der Waals surface area contributed by atoms with Crippen LogP contribution < -0.4 is 0 Å². The fourth-order valence-electron chi connectivity index (χ4n) is 2.02. The molecule has 1 heteroatoms. The highest BCUT2D eigenvalue weighted by atomic mass is 16.3. The number of hydrogen-bond donors (Lipinski definition) is 1. The van der Waals surface area contributed by atoms with Crippen molar-refractivity contribution in [2.24, 2.45) is 0 Å². The second-order valence-electron chi connectivity index (χ2n) is 4.48. The van der Waals surface area contributed by atoms with Crippen molar-refractivity contribution < 1.29 is 5.11 Å². The Hall–Kier alpha value is -1.60. The van der Waals surface area contributed by atoms with E-state index < -0.39 is 0 Å². The summed E-state index contributed by atoms with van der Waals surface area (Å²) in [5, 5.41) is 9.50. The number of rotatable bonds is 4. The molecule has 0 aliphatic rings. The van der Waals surface area contributed by atoms with E-state index >= 15 is 0 Å². The van der Waals surface area contributed by atoms with Gasteiger partial charge in [0.2, 0.25) is 0 Å². The summed E-state index contributed by atoms with van der Waals surface area (Å²) in [6.07, 6.45) is 0.890. The molecule has 0 bridgehead atoms. The molecule has 0 aliphatic heterocycles. The van der Waals surface area contributed by atoms with Crippen molar-refractivity contribution in [2.45, 2.75) is 19.3 Å². The Kier molecular flexibility index (Phi) is 3.94. The van der Waals surface area contributed by atoms with Crippen LogP contribution in [0.4, 0.5) is 0 Å². The minimum Gasteiger partial charge on any atom is -0.396 e.